The summed E-state index contributed by atoms with van der Waals surface area (Å²) in [7, 11) is 1.42. The van der Waals surface area contributed by atoms with E-state index in [0.29, 0.717) is 16.7 Å². The third-order valence-corrected chi connectivity index (χ3v) is 2.51. The minimum Gasteiger partial charge on any atom is -0.467 e. The standard InChI is InChI=1S/C12H9FN4O2/c1-18-12-16-10(15-11(14)17-12)9-5-6-4-7(13)2-3-8(6)19-9/h2-5H,1H3,(H2,14,15,16,17). The highest BCUT2D eigenvalue weighted by atomic mass is 19.1. The van der Waals surface area contributed by atoms with Crippen molar-refractivity contribution in [2.24, 2.45) is 0 Å². The lowest BCUT2D eigenvalue weighted by Crippen LogP contribution is -2.02. The summed E-state index contributed by atoms with van der Waals surface area (Å²) in [5.74, 6) is 0.287. The van der Waals surface area contributed by atoms with E-state index in [9.17, 15) is 4.39 Å². The monoisotopic (exact) mass is 260 g/mol. The van der Waals surface area contributed by atoms with Crippen molar-refractivity contribution in [3.8, 4) is 17.6 Å². The molecule has 96 valence electrons. The van der Waals surface area contributed by atoms with Gasteiger partial charge in [-0.25, -0.2) is 4.39 Å². The number of rotatable bonds is 2. The minimum absolute atomic E-state index is 0.0217. The maximum absolute atomic E-state index is 13.1. The van der Waals surface area contributed by atoms with Crippen molar-refractivity contribution in [1.29, 1.82) is 0 Å². The van der Waals surface area contributed by atoms with Crippen molar-refractivity contribution in [2.45, 2.75) is 0 Å². The molecule has 3 aromatic rings. The quantitative estimate of drug-likeness (QED) is 0.758. The Labute approximate surface area is 107 Å². The number of halogens is 1. The fraction of sp³-hybridized carbons (Fsp3) is 0.0833. The van der Waals surface area contributed by atoms with Crippen LogP contribution in [-0.4, -0.2) is 22.1 Å². The summed E-state index contributed by atoms with van der Waals surface area (Å²) in [4.78, 5) is 11.8. The molecule has 1 aromatic carbocycles. The van der Waals surface area contributed by atoms with Crippen molar-refractivity contribution < 1.29 is 13.5 Å². The summed E-state index contributed by atoms with van der Waals surface area (Å²) in [5.41, 5.74) is 6.08. The largest absolute Gasteiger partial charge is 0.467 e. The number of fused-ring (bicyclic) bond motifs is 1. The fourth-order valence-electron chi connectivity index (χ4n) is 1.70. The van der Waals surface area contributed by atoms with Gasteiger partial charge in [0.05, 0.1) is 7.11 Å². The van der Waals surface area contributed by atoms with Crippen molar-refractivity contribution in [3.05, 3.63) is 30.1 Å². The number of nitrogen functional groups attached to an aromatic ring is 1. The van der Waals surface area contributed by atoms with E-state index in [1.54, 1.807) is 6.07 Å². The summed E-state index contributed by atoms with van der Waals surface area (Å²) in [6.07, 6.45) is 0. The number of methoxy groups -OCH3 is 1. The average Bonchev–Trinajstić information content (AvgIpc) is 2.80. The maximum Gasteiger partial charge on any atom is 0.321 e. The number of benzene rings is 1. The van der Waals surface area contributed by atoms with E-state index in [1.165, 1.54) is 25.3 Å². The fourth-order valence-corrected chi connectivity index (χ4v) is 1.70. The normalized spacial score (nSPS) is 10.8. The Hall–Kier alpha value is -2.70. The van der Waals surface area contributed by atoms with Gasteiger partial charge in [0, 0.05) is 5.39 Å². The van der Waals surface area contributed by atoms with Gasteiger partial charge in [0.1, 0.15) is 11.4 Å². The van der Waals surface area contributed by atoms with Gasteiger partial charge >= 0.3 is 6.01 Å². The van der Waals surface area contributed by atoms with E-state index >= 15 is 0 Å². The van der Waals surface area contributed by atoms with Gasteiger partial charge in [-0.15, -0.1) is 0 Å². The summed E-state index contributed by atoms with van der Waals surface area (Å²) in [6, 6.07) is 5.94. The molecule has 0 radical (unpaired) electrons. The molecule has 0 saturated heterocycles. The Morgan fingerprint density at radius 2 is 2.05 bits per heavy atom. The first-order valence-electron chi connectivity index (χ1n) is 5.41. The summed E-state index contributed by atoms with van der Waals surface area (Å²) < 4.78 is 23.5. The van der Waals surface area contributed by atoms with Crippen LogP contribution < -0.4 is 10.5 Å². The number of furan rings is 1. The van der Waals surface area contributed by atoms with Gasteiger partial charge in [-0.1, -0.05) is 0 Å². The van der Waals surface area contributed by atoms with Crippen LogP contribution in [0, 0.1) is 5.82 Å². The number of hydrogen-bond acceptors (Lipinski definition) is 6. The highest BCUT2D eigenvalue weighted by molar-refractivity contribution is 5.81. The molecular formula is C12H9FN4O2. The van der Waals surface area contributed by atoms with Crippen molar-refractivity contribution in [3.63, 3.8) is 0 Å². The summed E-state index contributed by atoms with van der Waals surface area (Å²) in [5, 5.41) is 0.618. The Morgan fingerprint density at radius 3 is 2.84 bits per heavy atom. The van der Waals surface area contributed by atoms with Gasteiger partial charge in [0.25, 0.3) is 0 Å². The van der Waals surface area contributed by atoms with Crippen LogP contribution in [0.4, 0.5) is 10.3 Å². The molecule has 0 bridgehead atoms. The van der Waals surface area contributed by atoms with Crippen LogP contribution >= 0.6 is 0 Å². The highest BCUT2D eigenvalue weighted by Crippen LogP contribution is 2.27. The zero-order chi connectivity index (χ0) is 13.4. The van der Waals surface area contributed by atoms with Crippen LogP contribution in [0.25, 0.3) is 22.6 Å². The van der Waals surface area contributed by atoms with E-state index in [-0.39, 0.29) is 23.6 Å². The smallest absolute Gasteiger partial charge is 0.321 e. The highest BCUT2D eigenvalue weighted by Gasteiger charge is 2.12. The predicted octanol–water partition coefficient (Wildman–Crippen LogP) is 2.01. The second-order valence-electron chi connectivity index (χ2n) is 3.80. The molecule has 2 heterocycles. The summed E-state index contributed by atoms with van der Waals surface area (Å²) in [6.45, 7) is 0. The molecule has 0 aliphatic carbocycles. The van der Waals surface area contributed by atoms with E-state index in [0.717, 1.165) is 0 Å². The second kappa shape index (κ2) is 4.20. The Bertz CT molecular complexity index is 757. The molecule has 6 nitrogen and oxygen atoms in total. The van der Waals surface area contributed by atoms with Gasteiger partial charge in [-0.3, -0.25) is 0 Å². The molecule has 0 amide bonds. The number of anilines is 1. The van der Waals surface area contributed by atoms with Crippen LogP contribution in [0.2, 0.25) is 0 Å². The molecule has 0 atom stereocenters. The number of ether oxygens (including phenoxy) is 1. The van der Waals surface area contributed by atoms with E-state index < -0.39 is 0 Å². The van der Waals surface area contributed by atoms with Crippen molar-refractivity contribution >= 4 is 16.9 Å². The number of nitrogens with two attached hydrogens (primary N) is 1. The molecule has 0 spiro atoms. The van der Waals surface area contributed by atoms with Crippen molar-refractivity contribution in [1.82, 2.24) is 15.0 Å². The van der Waals surface area contributed by atoms with Crippen LogP contribution in [0.3, 0.4) is 0 Å². The molecule has 2 N–H and O–H groups in total. The molecule has 0 unspecified atom stereocenters. The molecule has 2 aromatic heterocycles. The summed E-state index contributed by atoms with van der Waals surface area (Å²) >= 11 is 0. The van der Waals surface area contributed by atoms with Crippen LogP contribution in [0.1, 0.15) is 0 Å². The number of hydrogen-bond donors (Lipinski definition) is 1. The first-order chi connectivity index (χ1) is 9.15. The lowest BCUT2D eigenvalue weighted by Gasteiger charge is -2.00. The van der Waals surface area contributed by atoms with E-state index in [1.807, 2.05) is 0 Å². The Kier molecular flexibility index (Phi) is 2.52. The van der Waals surface area contributed by atoms with E-state index in [4.69, 9.17) is 14.9 Å². The van der Waals surface area contributed by atoms with Crippen LogP contribution in [0.15, 0.2) is 28.7 Å². The first-order valence-corrected chi connectivity index (χ1v) is 5.41. The third kappa shape index (κ3) is 2.05. The first kappa shape index (κ1) is 11.4. The zero-order valence-corrected chi connectivity index (χ0v) is 9.92. The number of nitrogens with zero attached hydrogens (tertiary/aromatic N) is 3. The molecule has 0 fully saturated rings. The Morgan fingerprint density at radius 1 is 1.21 bits per heavy atom. The van der Waals surface area contributed by atoms with Gasteiger partial charge in [0.2, 0.25) is 11.8 Å². The minimum atomic E-state index is -0.340. The molecule has 19 heavy (non-hydrogen) atoms. The van der Waals surface area contributed by atoms with Gasteiger partial charge in [-0.2, -0.15) is 15.0 Å². The molecular weight excluding hydrogens is 251 g/mol. The number of aromatic nitrogens is 3. The lowest BCUT2D eigenvalue weighted by atomic mass is 10.2. The van der Waals surface area contributed by atoms with Crippen LogP contribution in [-0.2, 0) is 0 Å². The lowest BCUT2D eigenvalue weighted by molar-refractivity contribution is 0.379. The molecule has 0 saturated carbocycles. The molecule has 0 aliphatic rings. The maximum atomic E-state index is 13.1. The molecule has 0 aliphatic heterocycles. The Balaban J connectivity index is 2.15. The second-order valence-corrected chi connectivity index (χ2v) is 3.80. The van der Waals surface area contributed by atoms with Crippen LogP contribution in [0.5, 0.6) is 6.01 Å². The zero-order valence-electron chi connectivity index (χ0n) is 9.92. The molecule has 3 rings (SSSR count). The van der Waals surface area contributed by atoms with Gasteiger partial charge in [0.15, 0.2) is 5.76 Å². The van der Waals surface area contributed by atoms with Gasteiger partial charge < -0.3 is 14.9 Å². The molecule has 7 heteroatoms. The van der Waals surface area contributed by atoms with Crippen molar-refractivity contribution in [2.75, 3.05) is 12.8 Å². The SMILES string of the molecule is COc1nc(N)nc(-c2cc3cc(F)ccc3o2)n1. The topological polar surface area (TPSA) is 87.1 Å². The van der Waals surface area contributed by atoms with Gasteiger partial charge in [-0.05, 0) is 24.3 Å². The van der Waals surface area contributed by atoms with E-state index in [2.05, 4.69) is 15.0 Å². The average molecular weight is 260 g/mol. The predicted molar refractivity (Wildman–Crippen MR) is 66.0 cm³/mol. The third-order valence-electron chi connectivity index (χ3n) is 2.51.